The molecule has 0 radical (unpaired) electrons. The van der Waals surface area contributed by atoms with Crippen molar-refractivity contribution in [1.29, 1.82) is 0 Å². The van der Waals surface area contributed by atoms with Crippen LogP contribution in [0.2, 0.25) is 0 Å². The topological polar surface area (TPSA) is 91.7 Å². The molecule has 27 heavy (non-hydrogen) atoms. The van der Waals surface area contributed by atoms with E-state index in [9.17, 15) is 14.4 Å². The second kappa shape index (κ2) is 8.39. The zero-order chi connectivity index (χ0) is 19.4. The largest absolute Gasteiger partial charge is 0.459 e. The van der Waals surface area contributed by atoms with Gasteiger partial charge in [-0.2, -0.15) is 0 Å². The van der Waals surface area contributed by atoms with Crippen molar-refractivity contribution in [3.63, 3.8) is 0 Å². The summed E-state index contributed by atoms with van der Waals surface area (Å²) >= 11 is 1.47. The number of amides is 3. The Bertz CT molecular complexity index is 807. The Morgan fingerprint density at radius 1 is 1.19 bits per heavy atom. The third-order valence-electron chi connectivity index (χ3n) is 4.57. The summed E-state index contributed by atoms with van der Waals surface area (Å²) in [6, 6.07) is 6.35. The van der Waals surface area contributed by atoms with Crippen LogP contribution in [0, 0.1) is 6.92 Å². The molecule has 0 aromatic carbocycles. The molecule has 1 atom stereocenters. The number of aryl methyl sites for hydroxylation is 1. The van der Waals surface area contributed by atoms with Crippen LogP contribution >= 0.6 is 11.3 Å². The zero-order valence-corrected chi connectivity index (χ0v) is 16.2. The van der Waals surface area contributed by atoms with Crippen LogP contribution in [-0.2, 0) is 4.79 Å². The van der Waals surface area contributed by atoms with E-state index >= 15 is 0 Å². The second-order valence-corrected chi connectivity index (χ2v) is 7.94. The Labute approximate surface area is 161 Å². The normalized spacial score (nSPS) is 16.0. The standard InChI is InChI=1S/C19H23N3O4S/c1-12-5-6-16(27-12)18(24)21-14-7-9-22(10-8-14)19(25)13(2)20-17(23)15-4-3-11-26-15/h3-6,11,13-14H,7-10H2,1-2H3,(H,20,23)(H,21,24). The third kappa shape index (κ3) is 4.77. The first-order valence-corrected chi connectivity index (χ1v) is 9.76. The number of rotatable bonds is 5. The van der Waals surface area contributed by atoms with Gasteiger partial charge in [0.25, 0.3) is 11.8 Å². The van der Waals surface area contributed by atoms with Crippen LogP contribution in [0.3, 0.4) is 0 Å². The van der Waals surface area contributed by atoms with Crippen molar-refractivity contribution >= 4 is 29.1 Å². The minimum Gasteiger partial charge on any atom is -0.459 e. The van der Waals surface area contributed by atoms with Crippen molar-refractivity contribution in [2.45, 2.75) is 38.8 Å². The van der Waals surface area contributed by atoms with E-state index in [2.05, 4.69) is 10.6 Å². The first kappa shape index (κ1) is 19.2. The zero-order valence-electron chi connectivity index (χ0n) is 15.4. The highest BCUT2D eigenvalue weighted by Crippen LogP contribution is 2.17. The van der Waals surface area contributed by atoms with E-state index in [1.165, 1.54) is 17.6 Å². The van der Waals surface area contributed by atoms with E-state index in [0.29, 0.717) is 30.8 Å². The highest BCUT2D eigenvalue weighted by Gasteiger charge is 2.28. The van der Waals surface area contributed by atoms with Gasteiger partial charge in [0.05, 0.1) is 11.1 Å². The quantitative estimate of drug-likeness (QED) is 0.820. The lowest BCUT2D eigenvalue weighted by molar-refractivity contribution is -0.133. The second-order valence-electron chi connectivity index (χ2n) is 6.66. The first-order chi connectivity index (χ1) is 12.9. The van der Waals surface area contributed by atoms with Crippen molar-refractivity contribution < 1.29 is 18.8 Å². The van der Waals surface area contributed by atoms with Crippen molar-refractivity contribution in [2.24, 2.45) is 0 Å². The summed E-state index contributed by atoms with van der Waals surface area (Å²) in [5.41, 5.74) is 0. The van der Waals surface area contributed by atoms with Crippen molar-refractivity contribution in [2.75, 3.05) is 13.1 Å². The predicted octanol–water partition coefficient (Wildman–Crippen LogP) is 2.19. The number of nitrogens with one attached hydrogen (secondary N) is 2. The fraction of sp³-hybridized carbons (Fsp3) is 0.421. The number of piperidine rings is 1. The van der Waals surface area contributed by atoms with Crippen LogP contribution in [0.25, 0.3) is 0 Å². The Kier molecular flexibility index (Phi) is 5.95. The van der Waals surface area contributed by atoms with Gasteiger partial charge in [-0.1, -0.05) is 0 Å². The molecule has 1 aliphatic heterocycles. The Morgan fingerprint density at radius 3 is 2.52 bits per heavy atom. The molecule has 1 fully saturated rings. The highest BCUT2D eigenvalue weighted by atomic mass is 32.1. The maximum Gasteiger partial charge on any atom is 0.287 e. The molecule has 3 rings (SSSR count). The van der Waals surface area contributed by atoms with Crippen LogP contribution in [0.1, 0.15) is 44.9 Å². The van der Waals surface area contributed by atoms with Gasteiger partial charge in [0.1, 0.15) is 6.04 Å². The van der Waals surface area contributed by atoms with Gasteiger partial charge in [0, 0.05) is 24.0 Å². The average Bonchev–Trinajstić information content (AvgIpc) is 3.33. The van der Waals surface area contributed by atoms with E-state index in [0.717, 1.165) is 4.88 Å². The minimum absolute atomic E-state index is 0.0528. The first-order valence-electron chi connectivity index (χ1n) is 8.94. The molecule has 144 valence electrons. The molecule has 1 saturated heterocycles. The van der Waals surface area contributed by atoms with Crippen LogP contribution in [0.4, 0.5) is 0 Å². The Balaban J connectivity index is 1.46. The maximum atomic E-state index is 12.6. The molecule has 2 N–H and O–H groups in total. The van der Waals surface area contributed by atoms with Gasteiger partial charge in [0.2, 0.25) is 5.91 Å². The van der Waals surface area contributed by atoms with E-state index in [4.69, 9.17) is 4.42 Å². The Hall–Kier alpha value is -2.61. The maximum absolute atomic E-state index is 12.6. The van der Waals surface area contributed by atoms with Crippen molar-refractivity contribution in [3.05, 3.63) is 46.0 Å². The van der Waals surface area contributed by atoms with E-state index in [-0.39, 0.29) is 23.6 Å². The number of likely N-dealkylation sites (tertiary alicyclic amines) is 1. The van der Waals surface area contributed by atoms with Crippen LogP contribution in [-0.4, -0.2) is 47.8 Å². The number of carbonyl (C=O) groups excluding carboxylic acids is 3. The van der Waals surface area contributed by atoms with Gasteiger partial charge in [-0.15, -0.1) is 11.3 Å². The van der Waals surface area contributed by atoms with Crippen molar-refractivity contribution in [1.82, 2.24) is 15.5 Å². The number of nitrogens with zero attached hydrogens (tertiary/aromatic N) is 1. The average molecular weight is 389 g/mol. The molecule has 3 heterocycles. The van der Waals surface area contributed by atoms with Gasteiger partial charge >= 0.3 is 0 Å². The number of hydrogen-bond acceptors (Lipinski definition) is 5. The molecule has 3 amide bonds. The van der Waals surface area contributed by atoms with Gasteiger partial charge in [-0.05, 0) is 51.0 Å². The monoisotopic (exact) mass is 389 g/mol. The molecule has 1 aliphatic rings. The summed E-state index contributed by atoms with van der Waals surface area (Å²) in [6.45, 7) is 4.73. The van der Waals surface area contributed by atoms with E-state index in [1.807, 2.05) is 19.1 Å². The number of thiophene rings is 1. The van der Waals surface area contributed by atoms with Crippen LogP contribution in [0.5, 0.6) is 0 Å². The van der Waals surface area contributed by atoms with Gasteiger partial charge in [0.15, 0.2) is 5.76 Å². The van der Waals surface area contributed by atoms with Gasteiger partial charge < -0.3 is 20.0 Å². The summed E-state index contributed by atoms with van der Waals surface area (Å²) in [4.78, 5) is 40.3. The molecule has 7 nitrogen and oxygen atoms in total. The molecule has 8 heteroatoms. The number of carbonyl (C=O) groups is 3. The lowest BCUT2D eigenvalue weighted by Crippen LogP contribution is -2.52. The van der Waals surface area contributed by atoms with Crippen LogP contribution in [0.15, 0.2) is 34.9 Å². The molecule has 0 spiro atoms. The fourth-order valence-corrected chi connectivity index (χ4v) is 3.84. The summed E-state index contributed by atoms with van der Waals surface area (Å²) < 4.78 is 5.03. The SMILES string of the molecule is Cc1ccc(C(=O)NC2CCN(C(=O)C(C)NC(=O)c3ccco3)CC2)s1. The summed E-state index contributed by atoms with van der Waals surface area (Å²) in [7, 11) is 0. The van der Waals surface area contributed by atoms with Crippen molar-refractivity contribution in [3.8, 4) is 0 Å². The molecule has 2 aromatic rings. The predicted molar refractivity (Wildman–Crippen MR) is 102 cm³/mol. The summed E-state index contributed by atoms with van der Waals surface area (Å²) in [5, 5.41) is 5.69. The van der Waals surface area contributed by atoms with E-state index in [1.54, 1.807) is 24.0 Å². The number of hydrogen-bond donors (Lipinski definition) is 2. The molecule has 2 aromatic heterocycles. The molecule has 0 saturated carbocycles. The van der Waals surface area contributed by atoms with E-state index < -0.39 is 11.9 Å². The molecular weight excluding hydrogens is 366 g/mol. The summed E-state index contributed by atoms with van der Waals surface area (Å²) in [5.74, 6) is -0.417. The molecular formula is C19H23N3O4S. The van der Waals surface area contributed by atoms with Gasteiger partial charge in [-0.25, -0.2) is 0 Å². The Morgan fingerprint density at radius 2 is 1.93 bits per heavy atom. The molecule has 1 unspecified atom stereocenters. The fourth-order valence-electron chi connectivity index (χ4n) is 3.07. The third-order valence-corrected chi connectivity index (χ3v) is 5.57. The van der Waals surface area contributed by atoms with Gasteiger partial charge in [-0.3, -0.25) is 14.4 Å². The lowest BCUT2D eigenvalue weighted by atomic mass is 10.0. The smallest absolute Gasteiger partial charge is 0.287 e. The van der Waals surface area contributed by atoms with Crippen LogP contribution < -0.4 is 10.6 Å². The molecule has 0 aliphatic carbocycles. The number of furan rings is 1. The lowest BCUT2D eigenvalue weighted by Gasteiger charge is -2.33. The minimum atomic E-state index is -0.636. The molecule has 0 bridgehead atoms. The highest BCUT2D eigenvalue weighted by molar-refractivity contribution is 7.13. The summed E-state index contributed by atoms with van der Waals surface area (Å²) in [6.07, 6.45) is 2.80.